The summed E-state index contributed by atoms with van der Waals surface area (Å²) in [4.78, 5) is 4.12. The molecule has 2 aromatic rings. The molecule has 2 heterocycles. The molecule has 1 aliphatic rings. The number of benzene rings is 1. The van der Waals surface area contributed by atoms with Crippen molar-refractivity contribution < 1.29 is 18.4 Å². The highest BCUT2D eigenvalue weighted by Crippen LogP contribution is 2.40. The lowest BCUT2D eigenvalue weighted by atomic mass is 10.1. The molecule has 0 radical (unpaired) electrons. The minimum atomic E-state index is -0.606. The molecule has 1 aromatic heterocycles. The Balaban J connectivity index is 2.12. The maximum Gasteiger partial charge on any atom is 0.240 e. The maximum atomic E-state index is 12.9. The molecule has 6 nitrogen and oxygen atoms in total. The molecule has 0 aliphatic carbocycles. The van der Waals surface area contributed by atoms with E-state index in [1.807, 2.05) is 0 Å². The van der Waals surface area contributed by atoms with Crippen LogP contribution in [0.3, 0.4) is 0 Å². The molecule has 0 amide bonds. The minimum absolute atomic E-state index is 0.148. The molecule has 19 heavy (non-hydrogen) atoms. The van der Waals surface area contributed by atoms with Gasteiger partial charge in [-0.25, -0.2) is 4.39 Å². The van der Waals surface area contributed by atoms with E-state index in [0.29, 0.717) is 47.6 Å². The van der Waals surface area contributed by atoms with Crippen LogP contribution in [0.25, 0.3) is 11.4 Å². The van der Waals surface area contributed by atoms with Crippen LogP contribution >= 0.6 is 0 Å². The van der Waals surface area contributed by atoms with Crippen molar-refractivity contribution in [2.24, 2.45) is 5.73 Å². The molecular weight excluding hydrogens is 253 g/mol. The van der Waals surface area contributed by atoms with Gasteiger partial charge in [-0.15, -0.1) is 0 Å². The van der Waals surface area contributed by atoms with Crippen LogP contribution in [0.2, 0.25) is 0 Å². The van der Waals surface area contributed by atoms with Crippen molar-refractivity contribution in [3.8, 4) is 22.9 Å². The highest BCUT2D eigenvalue weighted by Gasteiger charge is 2.22. The zero-order chi connectivity index (χ0) is 13.2. The number of halogens is 1. The summed E-state index contributed by atoms with van der Waals surface area (Å²) in [5.74, 6) is 1.63. The highest BCUT2D eigenvalue weighted by atomic mass is 19.1. The Kier molecular flexibility index (Phi) is 3.04. The van der Waals surface area contributed by atoms with Crippen LogP contribution in [-0.2, 0) is 13.2 Å². The van der Waals surface area contributed by atoms with Crippen molar-refractivity contribution in [3.63, 3.8) is 0 Å². The van der Waals surface area contributed by atoms with Crippen LogP contribution in [0.15, 0.2) is 16.7 Å². The number of alkyl halides is 1. The van der Waals surface area contributed by atoms with Gasteiger partial charge in [0, 0.05) is 0 Å². The first-order valence-electron chi connectivity index (χ1n) is 5.83. The number of rotatable bonds is 3. The third kappa shape index (κ3) is 2.12. The van der Waals surface area contributed by atoms with E-state index in [1.54, 1.807) is 12.1 Å². The van der Waals surface area contributed by atoms with Gasteiger partial charge in [-0.3, -0.25) is 0 Å². The monoisotopic (exact) mass is 265 g/mol. The Labute approximate surface area is 108 Å². The zero-order valence-corrected chi connectivity index (χ0v) is 10.1. The standard InChI is InChI=1S/C12H12FN3O3/c13-5-7-3-8(12-15-10(6-14)19-16-12)11-9(4-7)17-1-2-18-11/h3-4H,1-2,5-6,14H2. The van der Waals surface area contributed by atoms with Gasteiger partial charge < -0.3 is 19.7 Å². The predicted octanol–water partition coefficient (Wildman–Crippen LogP) is 1.44. The topological polar surface area (TPSA) is 83.4 Å². The number of hydrogen-bond acceptors (Lipinski definition) is 6. The van der Waals surface area contributed by atoms with Gasteiger partial charge >= 0.3 is 0 Å². The lowest BCUT2D eigenvalue weighted by Crippen LogP contribution is -2.16. The molecule has 0 bridgehead atoms. The van der Waals surface area contributed by atoms with Gasteiger partial charge in [0.15, 0.2) is 11.5 Å². The molecule has 7 heteroatoms. The van der Waals surface area contributed by atoms with Gasteiger partial charge in [-0.05, 0) is 17.7 Å². The van der Waals surface area contributed by atoms with Gasteiger partial charge in [0.05, 0.1) is 12.1 Å². The molecule has 3 rings (SSSR count). The van der Waals surface area contributed by atoms with E-state index in [2.05, 4.69) is 10.1 Å². The Morgan fingerprint density at radius 3 is 2.84 bits per heavy atom. The lowest BCUT2D eigenvalue weighted by molar-refractivity contribution is 0.172. The molecule has 0 saturated heterocycles. The van der Waals surface area contributed by atoms with Crippen molar-refractivity contribution in [3.05, 3.63) is 23.6 Å². The normalized spacial score (nSPS) is 13.6. The van der Waals surface area contributed by atoms with E-state index < -0.39 is 6.67 Å². The minimum Gasteiger partial charge on any atom is -0.486 e. The lowest BCUT2D eigenvalue weighted by Gasteiger charge is -2.20. The van der Waals surface area contributed by atoms with E-state index in [0.717, 1.165) is 0 Å². The fraction of sp³-hybridized carbons (Fsp3) is 0.333. The van der Waals surface area contributed by atoms with Crippen LogP contribution in [-0.4, -0.2) is 23.4 Å². The summed E-state index contributed by atoms with van der Waals surface area (Å²) in [5, 5.41) is 3.82. The van der Waals surface area contributed by atoms with Gasteiger partial charge in [-0.2, -0.15) is 4.98 Å². The molecule has 0 fully saturated rings. The molecule has 0 atom stereocenters. The summed E-state index contributed by atoms with van der Waals surface area (Å²) < 4.78 is 28.8. The van der Waals surface area contributed by atoms with Crippen molar-refractivity contribution in [1.82, 2.24) is 10.1 Å². The van der Waals surface area contributed by atoms with Crippen LogP contribution in [0.5, 0.6) is 11.5 Å². The predicted molar refractivity (Wildman–Crippen MR) is 63.4 cm³/mol. The number of aromatic nitrogens is 2. The number of ether oxygens (including phenoxy) is 2. The Hall–Kier alpha value is -2.15. The number of hydrogen-bond donors (Lipinski definition) is 1. The highest BCUT2D eigenvalue weighted by molar-refractivity contribution is 5.70. The fourth-order valence-electron chi connectivity index (χ4n) is 1.90. The van der Waals surface area contributed by atoms with E-state index >= 15 is 0 Å². The smallest absolute Gasteiger partial charge is 0.240 e. The van der Waals surface area contributed by atoms with Crippen LogP contribution in [0, 0.1) is 0 Å². The second-order valence-electron chi connectivity index (χ2n) is 4.02. The second-order valence-corrected chi connectivity index (χ2v) is 4.02. The first kappa shape index (κ1) is 11.9. The number of fused-ring (bicyclic) bond motifs is 1. The SMILES string of the molecule is NCc1nc(-c2cc(CF)cc3c2OCCO3)no1. The first-order chi connectivity index (χ1) is 9.31. The molecule has 0 unspecified atom stereocenters. The summed E-state index contributed by atoms with van der Waals surface area (Å²) in [6.45, 7) is 0.402. The Morgan fingerprint density at radius 1 is 1.26 bits per heavy atom. The van der Waals surface area contributed by atoms with E-state index in [9.17, 15) is 4.39 Å². The maximum absolute atomic E-state index is 12.9. The molecule has 2 N–H and O–H groups in total. The van der Waals surface area contributed by atoms with Crippen LogP contribution in [0.1, 0.15) is 11.5 Å². The number of nitrogens with two attached hydrogens (primary N) is 1. The molecule has 100 valence electrons. The molecule has 1 aromatic carbocycles. The van der Waals surface area contributed by atoms with Gasteiger partial charge in [0.2, 0.25) is 11.7 Å². The molecule has 0 spiro atoms. The Morgan fingerprint density at radius 2 is 2.11 bits per heavy atom. The quantitative estimate of drug-likeness (QED) is 0.904. The molecular formula is C12H12FN3O3. The Bertz CT molecular complexity index is 600. The van der Waals surface area contributed by atoms with Crippen molar-refractivity contribution in [2.75, 3.05) is 13.2 Å². The van der Waals surface area contributed by atoms with E-state index in [4.69, 9.17) is 19.7 Å². The summed E-state index contributed by atoms with van der Waals surface area (Å²) >= 11 is 0. The average molecular weight is 265 g/mol. The van der Waals surface area contributed by atoms with Gasteiger partial charge in [-0.1, -0.05) is 5.16 Å². The largest absolute Gasteiger partial charge is 0.486 e. The van der Waals surface area contributed by atoms with Crippen molar-refractivity contribution >= 4 is 0 Å². The fourth-order valence-corrected chi connectivity index (χ4v) is 1.90. The van der Waals surface area contributed by atoms with Crippen molar-refractivity contribution in [2.45, 2.75) is 13.2 Å². The summed E-state index contributed by atoms with van der Waals surface area (Å²) in [6, 6.07) is 3.24. The zero-order valence-electron chi connectivity index (χ0n) is 10.1. The molecule has 1 aliphatic heterocycles. The first-order valence-corrected chi connectivity index (χ1v) is 5.83. The van der Waals surface area contributed by atoms with Crippen molar-refractivity contribution in [1.29, 1.82) is 0 Å². The number of nitrogens with zero attached hydrogens (tertiary/aromatic N) is 2. The van der Waals surface area contributed by atoms with E-state index in [-0.39, 0.29) is 6.54 Å². The van der Waals surface area contributed by atoms with Crippen LogP contribution < -0.4 is 15.2 Å². The van der Waals surface area contributed by atoms with Gasteiger partial charge in [0.25, 0.3) is 0 Å². The average Bonchev–Trinajstić information content (AvgIpc) is 2.94. The van der Waals surface area contributed by atoms with Crippen LogP contribution in [0.4, 0.5) is 4.39 Å². The second kappa shape index (κ2) is 4.85. The van der Waals surface area contributed by atoms with E-state index in [1.165, 1.54) is 0 Å². The molecule has 0 saturated carbocycles. The van der Waals surface area contributed by atoms with Gasteiger partial charge in [0.1, 0.15) is 19.9 Å². The third-order valence-corrected chi connectivity index (χ3v) is 2.74. The third-order valence-electron chi connectivity index (χ3n) is 2.74. The summed E-state index contributed by atoms with van der Waals surface area (Å²) in [7, 11) is 0. The summed E-state index contributed by atoms with van der Waals surface area (Å²) in [5.41, 5.74) is 6.44. The summed E-state index contributed by atoms with van der Waals surface area (Å²) in [6.07, 6.45) is 0.